The summed E-state index contributed by atoms with van der Waals surface area (Å²) in [6.07, 6.45) is 0. The summed E-state index contributed by atoms with van der Waals surface area (Å²) < 4.78 is 55.5. The maximum Gasteiger partial charge on any atom is 0.345 e. The van der Waals surface area contributed by atoms with Crippen LogP contribution in [0, 0.1) is 11.6 Å². The van der Waals surface area contributed by atoms with Gasteiger partial charge < -0.3 is 15.4 Å². The van der Waals surface area contributed by atoms with Crippen LogP contribution in [-0.4, -0.2) is 25.0 Å². The van der Waals surface area contributed by atoms with Gasteiger partial charge in [-0.25, -0.2) is 8.78 Å². The Labute approximate surface area is 139 Å². The van der Waals surface area contributed by atoms with Gasteiger partial charge in [0.1, 0.15) is 18.1 Å². The van der Waals surface area contributed by atoms with E-state index in [2.05, 4.69) is 10.1 Å². The lowest BCUT2D eigenvalue weighted by Gasteiger charge is -2.12. The fraction of sp³-hybridized carbons (Fsp3) is 0.125. The van der Waals surface area contributed by atoms with Crippen LogP contribution in [0.4, 0.5) is 28.9 Å². The molecule has 0 aliphatic heterocycles. The summed E-state index contributed by atoms with van der Waals surface area (Å²) in [6, 6.07) is 9.64. The zero-order valence-corrected chi connectivity index (χ0v) is 12.6. The molecule has 0 fully saturated rings. The number of nitrogens with one attached hydrogen (secondary N) is 2. The van der Waals surface area contributed by atoms with Gasteiger partial charge in [-0.15, -0.1) is 0 Å². The molecule has 0 radical (unpaired) electrons. The van der Waals surface area contributed by atoms with E-state index in [1.54, 1.807) is 23.5 Å². The number of carbonyl (C=O) groups excluding carboxylic acids is 2. The maximum absolute atomic E-state index is 14.3. The predicted molar refractivity (Wildman–Crippen MR) is 81.3 cm³/mol. The Hall–Kier alpha value is -2.94. The van der Waals surface area contributed by atoms with Crippen molar-refractivity contribution in [2.24, 2.45) is 0 Å². The average Bonchev–Trinajstić information content (AvgIpc) is 2.60. The summed E-state index contributed by atoms with van der Waals surface area (Å²) in [6.45, 7) is -4.28. The molecule has 2 aromatic carbocycles. The van der Waals surface area contributed by atoms with E-state index in [1.165, 1.54) is 12.1 Å². The van der Waals surface area contributed by atoms with E-state index in [4.69, 9.17) is 0 Å². The molecule has 0 aromatic heterocycles. The van der Waals surface area contributed by atoms with Crippen LogP contribution in [-0.2, 0) is 9.53 Å². The van der Waals surface area contributed by atoms with Crippen molar-refractivity contribution in [3.8, 4) is 0 Å². The van der Waals surface area contributed by atoms with Gasteiger partial charge in [0.2, 0.25) is 0 Å². The number of anilines is 2. The lowest BCUT2D eigenvalue weighted by molar-refractivity contribution is -0.148. The number of hydrogen-bond donors (Lipinski definition) is 2. The Bertz CT molecular complexity index is 769. The van der Waals surface area contributed by atoms with E-state index < -0.39 is 42.4 Å². The smallest absolute Gasteiger partial charge is 0.319 e. The lowest BCUT2D eigenvalue weighted by Crippen LogP contribution is -2.22. The molecule has 2 rings (SSSR count). The minimum absolute atomic E-state index is 0.238. The van der Waals surface area contributed by atoms with Crippen LogP contribution in [0.15, 0.2) is 42.5 Å². The third-order valence-electron chi connectivity index (χ3n) is 2.98. The standard InChI is InChI=1S/C16H12F4N2O3/c17-10-6-7-11(21-15(24)9-4-2-1-3-5-9)13(18)14(10)22-12(23)8-25-16(19)20/h1-7,16H,8H2,(H,21,24)(H,22,23). The van der Waals surface area contributed by atoms with Crippen LogP contribution < -0.4 is 10.6 Å². The SMILES string of the molecule is O=C(COC(F)F)Nc1c(F)ccc(NC(=O)c2ccccc2)c1F. The van der Waals surface area contributed by atoms with Gasteiger partial charge in [0.25, 0.3) is 11.8 Å². The van der Waals surface area contributed by atoms with Gasteiger partial charge in [-0.1, -0.05) is 18.2 Å². The molecule has 2 N–H and O–H groups in total. The molecule has 0 heterocycles. The lowest BCUT2D eigenvalue weighted by atomic mass is 10.2. The van der Waals surface area contributed by atoms with Gasteiger partial charge in [0, 0.05) is 5.56 Å². The summed E-state index contributed by atoms with van der Waals surface area (Å²) in [7, 11) is 0. The zero-order chi connectivity index (χ0) is 18.4. The highest BCUT2D eigenvalue weighted by atomic mass is 19.3. The van der Waals surface area contributed by atoms with Crippen molar-refractivity contribution < 1.29 is 31.9 Å². The number of amides is 2. The zero-order valence-electron chi connectivity index (χ0n) is 12.6. The molecular formula is C16H12F4N2O3. The van der Waals surface area contributed by atoms with Crippen LogP contribution in [0.5, 0.6) is 0 Å². The Balaban J connectivity index is 2.16. The molecule has 0 aliphatic rings. The maximum atomic E-state index is 14.3. The number of hydrogen-bond acceptors (Lipinski definition) is 3. The highest BCUT2D eigenvalue weighted by molar-refractivity contribution is 6.04. The monoisotopic (exact) mass is 356 g/mol. The first-order chi connectivity index (χ1) is 11.9. The molecular weight excluding hydrogens is 344 g/mol. The van der Waals surface area contributed by atoms with Crippen LogP contribution in [0.2, 0.25) is 0 Å². The molecule has 5 nitrogen and oxygen atoms in total. The largest absolute Gasteiger partial charge is 0.345 e. The first kappa shape index (κ1) is 18.4. The third kappa shape index (κ3) is 5.01. The van der Waals surface area contributed by atoms with Crippen LogP contribution in [0.25, 0.3) is 0 Å². The summed E-state index contributed by atoms with van der Waals surface area (Å²) in [5.41, 5.74) is -1.03. The first-order valence-electron chi connectivity index (χ1n) is 6.92. The number of rotatable bonds is 6. The second-order valence-electron chi connectivity index (χ2n) is 4.72. The summed E-state index contributed by atoms with van der Waals surface area (Å²) in [4.78, 5) is 23.4. The molecule has 132 valence electrons. The molecule has 0 atom stereocenters. The molecule has 25 heavy (non-hydrogen) atoms. The van der Waals surface area contributed by atoms with E-state index >= 15 is 0 Å². The fourth-order valence-corrected chi connectivity index (χ4v) is 1.86. The van der Waals surface area contributed by atoms with Gasteiger partial charge >= 0.3 is 6.61 Å². The average molecular weight is 356 g/mol. The molecule has 0 saturated carbocycles. The Kier molecular flexibility index (Phi) is 6.07. The Morgan fingerprint density at radius 1 is 1.00 bits per heavy atom. The van der Waals surface area contributed by atoms with Crippen molar-refractivity contribution >= 4 is 23.2 Å². The molecule has 2 amide bonds. The van der Waals surface area contributed by atoms with Crippen molar-refractivity contribution in [3.63, 3.8) is 0 Å². The fourth-order valence-electron chi connectivity index (χ4n) is 1.86. The molecule has 0 aliphatic carbocycles. The highest BCUT2D eigenvalue weighted by Crippen LogP contribution is 2.26. The molecule has 0 bridgehead atoms. The second-order valence-corrected chi connectivity index (χ2v) is 4.72. The highest BCUT2D eigenvalue weighted by Gasteiger charge is 2.18. The number of alkyl halides is 2. The van der Waals surface area contributed by atoms with Gasteiger partial charge in [0.05, 0.1) is 5.69 Å². The van der Waals surface area contributed by atoms with Crippen LogP contribution in [0.1, 0.15) is 10.4 Å². The number of halogens is 4. The van der Waals surface area contributed by atoms with Gasteiger partial charge in [-0.05, 0) is 24.3 Å². The van der Waals surface area contributed by atoms with Gasteiger partial charge in [-0.2, -0.15) is 8.78 Å². The van der Waals surface area contributed by atoms with Crippen molar-refractivity contribution in [3.05, 3.63) is 59.7 Å². The minimum atomic E-state index is -3.20. The Morgan fingerprint density at radius 3 is 2.32 bits per heavy atom. The number of ether oxygens (including phenoxy) is 1. The van der Waals surface area contributed by atoms with Crippen molar-refractivity contribution in [1.82, 2.24) is 0 Å². The third-order valence-corrected chi connectivity index (χ3v) is 2.98. The number of carbonyl (C=O) groups is 2. The van der Waals surface area contributed by atoms with Crippen LogP contribution >= 0.6 is 0 Å². The number of benzene rings is 2. The summed E-state index contributed by atoms with van der Waals surface area (Å²) >= 11 is 0. The van der Waals surface area contributed by atoms with E-state index in [0.29, 0.717) is 0 Å². The Morgan fingerprint density at radius 2 is 1.68 bits per heavy atom. The van der Waals surface area contributed by atoms with Gasteiger partial charge in [-0.3, -0.25) is 9.59 Å². The van der Waals surface area contributed by atoms with Crippen molar-refractivity contribution in [2.75, 3.05) is 17.2 Å². The molecule has 9 heteroatoms. The van der Waals surface area contributed by atoms with E-state index in [0.717, 1.165) is 12.1 Å². The normalized spacial score (nSPS) is 10.6. The predicted octanol–water partition coefficient (Wildman–Crippen LogP) is 3.39. The van der Waals surface area contributed by atoms with E-state index in [9.17, 15) is 27.2 Å². The summed E-state index contributed by atoms with van der Waals surface area (Å²) in [5.74, 6) is -4.22. The molecule has 0 saturated heterocycles. The van der Waals surface area contributed by atoms with Crippen molar-refractivity contribution in [2.45, 2.75) is 6.61 Å². The van der Waals surface area contributed by atoms with Gasteiger partial charge in [0.15, 0.2) is 5.82 Å². The molecule has 0 spiro atoms. The quantitative estimate of drug-likeness (QED) is 0.780. The van der Waals surface area contributed by atoms with E-state index in [-0.39, 0.29) is 11.3 Å². The molecule has 0 unspecified atom stereocenters. The summed E-state index contributed by atoms with van der Waals surface area (Å²) in [5, 5.41) is 4.02. The second kappa shape index (κ2) is 8.25. The topological polar surface area (TPSA) is 67.4 Å². The minimum Gasteiger partial charge on any atom is -0.319 e. The van der Waals surface area contributed by atoms with Crippen molar-refractivity contribution in [1.29, 1.82) is 0 Å². The van der Waals surface area contributed by atoms with Crippen LogP contribution in [0.3, 0.4) is 0 Å². The van der Waals surface area contributed by atoms with E-state index in [1.807, 2.05) is 0 Å². The first-order valence-corrected chi connectivity index (χ1v) is 6.92. The molecule has 2 aromatic rings.